The predicted octanol–water partition coefficient (Wildman–Crippen LogP) is 5.40. The first kappa shape index (κ1) is 23.6. The highest BCUT2D eigenvalue weighted by Gasteiger charge is 2.24. The molecule has 1 heterocycles. The fourth-order valence-corrected chi connectivity index (χ4v) is 5.85. The van der Waals surface area contributed by atoms with Crippen molar-refractivity contribution in [2.75, 3.05) is 25.1 Å². The van der Waals surface area contributed by atoms with E-state index in [1.807, 2.05) is 39.0 Å². The molecule has 0 bridgehead atoms. The normalized spacial score (nSPS) is 18.3. The highest BCUT2D eigenvalue weighted by Crippen LogP contribution is 2.32. The molecule has 0 unspecified atom stereocenters. The molecular formula is C25H36N2O3S. The molecule has 1 aliphatic heterocycles. The van der Waals surface area contributed by atoms with Crippen LogP contribution in [0.2, 0.25) is 0 Å². The summed E-state index contributed by atoms with van der Waals surface area (Å²) in [7, 11) is -2.06. The summed E-state index contributed by atoms with van der Waals surface area (Å²) < 4.78 is 34.7. The summed E-state index contributed by atoms with van der Waals surface area (Å²) in [5.41, 5.74) is 3.72. The van der Waals surface area contributed by atoms with E-state index in [9.17, 15) is 8.42 Å². The molecule has 0 radical (unpaired) electrons. The second-order valence-electron chi connectivity index (χ2n) is 9.14. The zero-order chi connectivity index (χ0) is 22.8. The van der Waals surface area contributed by atoms with Crippen LogP contribution in [0.25, 0.3) is 0 Å². The van der Waals surface area contributed by atoms with Crippen molar-refractivity contribution in [2.24, 2.45) is 5.92 Å². The van der Waals surface area contributed by atoms with Crippen LogP contribution in [-0.2, 0) is 10.0 Å². The van der Waals surface area contributed by atoms with Gasteiger partial charge in [-0.2, -0.15) is 0 Å². The molecular weight excluding hydrogens is 408 g/mol. The molecule has 0 aromatic heterocycles. The monoisotopic (exact) mass is 444 g/mol. The van der Waals surface area contributed by atoms with E-state index in [-0.39, 0.29) is 12.0 Å². The van der Waals surface area contributed by atoms with E-state index in [4.69, 9.17) is 4.74 Å². The minimum Gasteiger partial charge on any atom is -0.496 e. The Morgan fingerprint density at radius 3 is 2.39 bits per heavy atom. The number of rotatable bonds is 7. The van der Waals surface area contributed by atoms with E-state index in [1.54, 1.807) is 20.1 Å². The van der Waals surface area contributed by atoms with Crippen LogP contribution in [0.5, 0.6) is 5.75 Å². The Kier molecular flexibility index (Phi) is 7.32. The van der Waals surface area contributed by atoms with Gasteiger partial charge in [0.15, 0.2) is 0 Å². The van der Waals surface area contributed by atoms with E-state index in [2.05, 4.69) is 28.7 Å². The van der Waals surface area contributed by atoms with E-state index in [0.29, 0.717) is 16.4 Å². The van der Waals surface area contributed by atoms with Crippen molar-refractivity contribution >= 4 is 15.7 Å². The molecule has 1 fully saturated rings. The van der Waals surface area contributed by atoms with Gasteiger partial charge >= 0.3 is 0 Å². The lowest BCUT2D eigenvalue weighted by Gasteiger charge is -2.33. The SMILES string of the molecule is COc1cc(C)c(S(=O)(=O)N[C@H](C)c2ccc(N3CCC[C@H](C)C3)cc2)cc1C(C)C. The molecule has 0 saturated carbocycles. The van der Waals surface area contributed by atoms with Gasteiger partial charge in [-0.15, -0.1) is 0 Å². The van der Waals surface area contributed by atoms with Gasteiger partial charge in [-0.25, -0.2) is 13.1 Å². The topological polar surface area (TPSA) is 58.6 Å². The number of benzene rings is 2. The molecule has 1 saturated heterocycles. The number of hydrogen-bond acceptors (Lipinski definition) is 4. The number of aryl methyl sites for hydroxylation is 1. The van der Waals surface area contributed by atoms with Gasteiger partial charge in [0.1, 0.15) is 5.75 Å². The number of piperidine rings is 1. The van der Waals surface area contributed by atoms with Gasteiger partial charge in [-0.05, 0) is 79.5 Å². The van der Waals surface area contributed by atoms with Gasteiger partial charge in [0.05, 0.1) is 12.0 Å². The van der Waals surface area contributed by atoms with Gasteiger partial charge in [0, 0.05) is 24.8 Å². The average molecular weight is 445 g/mol. The minimum absolute atomic E-state index is 0.159. The van der Waals surface area contributed by atoms with Crippen LogP contribution in [0.3, 0.4) is 0 Å². The van der Waals surface area contributed by atoms with Crippen molar-refractivity contribution in [1.82, 2.24) is 4.72 Å². The Balaban J connectivity index is 1.79. The van der Waals surface area contributed by atoms with Gasteiger partial charge < -0.3 is 9.64 Å². The smallest absolute Gasteiger partial charge is 0.241 e. The van der Waals surface area contributed by atoms with Gasteiger partial charge in [-0.3, -0.25) is 0 Å². The van der Waals surface area contributed by atoms with Crippen LogP contribution in [0.15, 0.2) is 41.3 Å². The summed E-state index contributed by atoms with van der Waals surface area (Å²) in [6.07, 6.45) is 2.51. The third kappa shape index (κ3) is 5.42. The number of methoxy groups -OCH3 is 1. The lowest BCUT2D eigenvalue weighted by atomic mass is 9.99. The second kappa shape index (κ2) is 9.61. The molecule has 31 heavy (non-hydrogen) atoms. The van der Waals surface area contributed by atoms with Crippen molar-refractivity contribution < 1.29 is 13.2 Å². The quantitative estimate of drug-likeness (QED) is 0.621. The third-order valence-corrected chi connectivity index (χ3v) is 7.87. The molecule has 2 atom stereocenters. The van der Waals surface area contributed by atoms with Crippen LogP contribution in [0, 0.1) is 12.8 Å². The van der Waals surface area contributed by atoms with E-state index in [1.165, 1.54) is 18.5 Å². The maximum absolute atomic E-state index is 13.2. The summed E-state index contributed by atoms with van der Waals surface area (Å²) in [5.74, 6) is 1.59. The predicted molar refractivity (Wildman–Crippen MR) is 128 cm³/mol. The first-order valence-electron chi connectivity index (χ1n) is 11.2. The van der Waals surface area contributed by atoms with Crippen molar-refractivity contribution in [2.45, 2.75) is 64.3 Å². The Labute approximate surface area is 187 Å². The highest BCUT2D eigenvalue weighted by molar-refractivity contribution is 7.89. The zero-order valence-corrected chi connectivity index (χ0v) is 20.4. The summed E-state index contributed by atoms with van der Waals surface area (Å²) in [4.78, 5) is 2.73. The van der Waals surface area contributed by atoms with Gasteiger partial charge in [-0.1, -0.05) is 32.9 Å². The minimum atomic E-state index is -3.67. The van der Waals surface area contributed by atoms with E-state index >= 15 is 0 Å². The molecule has 2 aromatic carbocycles. The fourth-order valence-electron chi connectivity index (χ4n) is 4.36. The van der Waals surface area contributed by atoms with Crippen molar-refractivity contribution in [1.29, 1.82) is 0 Å². The number of nitrogens with zero attached hydrogens (tertiary/aromatic N) is 1. The molecule has 0 aliphatic carbocycles. The number of ether oxygens (including phenoxy) is 1. The maximum Gasteiger partial charge on any atom is 0.241 e. The Bertz CT molecular complexity index is 1000. The summed E-state index contributed by atoms with van der Waals surface area (Å²) >= 11 is 0. The van der Waals surface area contributed by atoms with Crippen LogP contribution < -0.4 is 14.4 Å². The number of sulfonamides is 1. The van der Waals surface area contributed by atoms with Gasteiger partial charge in [0.25, 0.3) is 0 Å². The summed E-state index contributed by atoms with van der Waals surface area (Å²) in [6.45, 7) is 12.2. The second-order valence-corrected chi connectivity index (χ2v) is 10.8. The summed E-state index contributed by atoms with van der Waals surface area (Å²) in [5, 5.41) is 0. The van der Waals surface area contributed by atoms with E-state index in [0.717, 1.165) is 30.0 Å². The molecule has 6 heteroatoms. The number of hydrogen-bond donors (Lipinski definition) is 1. The Morgan fingerprint density at radius 1 is 1.13 bits per heavy atom. The lowest BCUT2D eigenvalue weighted by Crippen LogP contribution is -2.34. The fraction of sp³-hybridized carbons (Fsp3) is 0.520. The molecule has 0 amide bonds. The highest BCUT2D eigenvalue weighted by atomic mass is 32.2. The molecule has 170 valence electrons. The van der Waals surface area contributed by atoms with Crippen molar-refractivity contribution in [3.63, 3.8) is 0 Å². The maximum atomic E-state index is 13.2. The first-order valence-corrected chi connectivity index (χ1v) is 12.7. The molecule has 0 spiro atoms. The largest absolute Gasteiger partial charge is 0.496 e. The molecule has 1 aliphatic rings. The van der Waals surface area contributed by atoms with Crippen LogP contribution >= 0.6 is 0 Å². The molecule has 3 rings (SSSR count). The number of anilines is 1. The molecule has 1 N–H and O–H groups in total. The van der Waals surface area contributed by atoms with Crippen LogP contribution in [-0.4, -0.2) is 28.6 Å². The van der Waals surface area contributed by atoms with Crippen molar-refractivity contribution in [3.05, 3.63) is 53.1 Å². The molecule has 2 aromatic rings. The first-order chi connectivity index (χ1) is 14.6. The number of nitrogens with one attached hydrogen (secondary N) is 1. The zero-order valence-electron chi connectivity index (χ0n) is 19.6. The average Bonchev–Trinajstić information content (AvgIpc) is 2.72. The van der Waals surface area contributed by atoms with E-state index < -0.39 is 10.0 Å². The lowest BCUT2D eigenvalue weighted by molar-refractivity contribution is 0.406. The third-order valence-electron chi connectivity index (χ3n) is 6.19. The molecule has 5 nitrogen and oxygen atoms in total. The Hall–Kier alpha value is -2.05. The standard InChI is InChI=1S/C25H36N2O3S/c1-17(2)23-15-25(19(4)14-24(23)30-6)31(28,29)26-20(5)21-9-11-22(12-10-21)27-13-7-8-18(3)16-27/h9-12,14-15,17-18,20,26H,7-8,13,16H2,1-6H3/t18-,20+/m0/s1. The van der Waals surface area contributed by atoms with Crippen LogP contribution in [0.4, 0.5) is 5.69 Å². The van der Waals surface area contributed by atoms with Crippen LogP contribution in [0.1, 0.15) is 69.2 Å². The van der Waals surface area contributed by atoms with Gasteiger partial charge in [0.2, 0.25) is 10.0 Å². The van der Waals surface area contributed by atoms with Crippen molar-refractivity contribution in [3.8, 4) is 5.75 Å². The Morgan fingerprint density at radius 2 is 1.81 bits per heavy atom. The summed E-state index contributed by atoms with van der Waals surface area (Å²) in [6, 6.07) is 11.5.